The van der Waals surface area contributed by atoms with Gasteiger partial charge in [-0.25, -0.2) is 4.98 Å². The van der Waals surface area contributed by atoms with E-state index in [1.807, 2.05) is 6.92 Å². The van der Waals surface area contributed by atoms with Gasteiger partial charge in [0.1, 0.15) is 16.4 Å². The van der Waals surface area contributed by atoms with Crippen molar-refractivity contribution < 1.29 is 0 Å². The maximum Gasteiger partial charge on any atom is 0.180 e. The van der Waals surface area contributed by atoms with Crippen LogP contribution in [0.2, 0.25) is 0 Å². The summed E-state index contributed by atoms with van der Waals surface area (Å²) in [4.78, 5) is 4.34. The van der Waals surface area contributed by atoms with E-state index >= 15 is 0 Å². The van der Waals surface area contributed by atoms with Crippen LogP contribution < -0.4 is 5.73 Å². The first-order chi connectivity index (χ1) is 7.65. The zero-order chi connectivity index (χ0) is 11.5. The van der Waals surface area contributed by atoms with E-state index < -0.39 is 0 Å². The van der Waals surface area contributed by atoms with Crippen LogP contribution in [0.3, 0.4) is 0 Å². The lowest BCUT2D eigenvalue weighted by atomic mass is 10.2. The Hall–Kier alpha value is -1.47. The van der Waals surface area contributed by atoms with Crippen molar-refractivity contribution in [2.75, 3.05) is 0 Å². The van der Waals surface area contributed by atoms with Crippen molar-refractivity contribution in [3.8, 4) is 0 Å². The van der Waals surface area contributed by atoms with Crippen LogP contribution in [-0.2, 0) is 0 Å². The number of nitrogen functional groups attached to an aromatic ring is 1. The number of nitrogens with two attached hydrogens (primary N) is 1. The van der Waals surface area contributed by atoms with Crippen LogP contribution in [0.25, 0.3) is 0 Å². The summed E-state index contributed by atoms with van der Waals surface area (Å²) in [5, 5.41) is 15.8. The monoisotopic (exact) mass is 251 g/mol. The standard InChI is InChI=1S/C9H9N5S2/c1-5-2-6(8(10)11)3-7(13-5)16-9-14-12-4-15-9/h2-4H,1H3,(H3,10,11). The molecule has 2 rings (SSSR count). The molecule has 0 aliphatic carbocycles. The number of amidine groups is 1. The molecule has 0 aliphatic heterocycles. The molecule has 0 spiro atoms. The minimum atomic E-state index is 0.0459. The summed E-state index contributed by atoms with van der Waals surface area (Å²) in [7, 11) is 0. The summed E-state index contributed by atoms with van der Waals surface area (Å²) in [5.41, 5.74) is 8.63. The van der Waals surface area contributed by atoms with Gasteiger partial charge < -0.3 is 5.73 Å². The van der Waals surface area contributed by atoms with Gasteiger partial charge in [-0.3, -0.25) is 5.41 Å². The number of aryl methyl sites for hydroxylation is 1. The minimum Gasteiger partial charge on any atom is -0.384 e. The Labute approximate surface area is 101 Å². The first-order valence-corrected chi connectivity index (χ1v) is 6.12. The van der Waals surface area contributed by atoms with E-state index in [1.54, 1.807) is 17.6 Å². The molecule has 2 heterocycles. The highest BCUT2D eigenvalue weighted by Crippen LogP contribution is 2.27. The summed E-state index contributed by atoms with van der Waals surface area (Å²) in [6.07, 6.45) is 0. The Balaban J connectivity index is 2.31. The Bertz CT molecular complexity index is 509. The average Bonchev–Trinajstić information content (AvgIpc) is 2.69. The molecule has 0 amide bonds. The van der Waals surface area contributed by atoms with E-state index in [0.29, 0.717) is 5.56 Å². The van der Waals surface area contributed by atoms with Crippen LogP contribution in [-0.4, -0.2) is 21.0 Å². The molecule has 2 aromatic heterocycles. The molecule has 0 aliphatic rings. The molecule has 5 nitrogen and oxygen atoms in total. The Morgan fingerprint density at radius 1 is 1.50 bits per heavy atom. The lowest BCUT2D eigenvalue weighted by molar-refractivity contribution is 1.00. The fourth-order valence-electron chi connectivity index (χ4n) is 1.14. The van der Waals surface area contributed by atoms with Crippen LogP contribution in [0.4, 0.5) is 0 Å². The second-order valence-electron chi connectivity index (χ2n) is 3.06. The first-order valence-electron chi connectivity index (χ1n) is 4.42. The van der Waals surface area contributed by atoms with Crippen LogP contribution >= 0.6 is 23.1 Å². The lowest BCUT2D eigenvalue weighted by Gasteiger charge is -2.03. The van der Waals surface area contributed by atoms with Crippen LogP contribution in [0.5, 0.6) is 0 Å². The van der Waals surface area contributed by atoms with Gasteiger partial charge >= 0.3 is 0 Å². The van der Waals surface area contributed by atoms with Gasteiger partial charge in [-0.05, 0) is 30.8 Å². The van der Waals surface area contributed by atoms with Crippen molar-refractivity contribution >= 4 is 28.9 Å². The first kappa shape index (κ1) is 11.0. The zero-order valence-electron chi connectivity index (χ0n) is 8.47. The van der Waals surface area contributed by atoms with Gasteiger partial charge in [0.05, 0.1) is 0 Å². The predicted octanol–water partition coefficient (Wildman–Crippen LogP) is 1.68. The highest BCUT2D eigenvalue weighted by Gasteiger charge is 2.06. The number of hydrogen-bond donors (Lipinski definition) is 2. The molecule has 0 atom stereocenters. The molecule has 3 N–H and O–H groups in total. The van der Waals surface area contributed by atoms with Crippen molar-refractivity contribution in [2.45, 2.75) is 16.3 Å². The fraction of sp³-hybridized carbons (Fsp3) is 0.111. The molecule has 0 bridgehead atoms. The number of nitrogens with zero attached hydrogens (tertiary/aromatic N) is 3. The van der Waals surface area contributed by atoms with E-state index in [1.165, 1.54) is 23.1 Å². The molecule has 0 unspecified atom stereocenters. The van der Waals surface area contributed by atoms with Crippen molar-refractivity contribution in [3.63, 3.8) is 0 Å². The van der Waals surface area contributed by atoms with E-state index in [2.05, 4.69) is 15.2 Å². The average molecular weight is 251 g/mol. The SMILES string of the molecule is Cc1cc(C(=N)N)cc(Sc2nncs2)n1. The second-order valence-corrected chi connectivity index (χ2v) is 5.16. The Morgan fingerprint density at radius 2 is 2.31 bits per heavy atom. The van der Waals surface area contributed by atoms with Crippen LogP contribution in [0, 0.1) is 12.3 Å². The molecular formula is C9H9N5S2. The normalized spacial score (nSPS) is 10.3. The molecule has 0 aromatic carbocycles. The van der Waals surface area contributed by atoms with Gasteiger partial charge in [0.25, 0.3) is 0 Å². The topological polar surface area (TPSA) is 88.5 Å². The summed E-state index contributed by atoms with van der Waals surface area (Å²) < 4.78 is 0.826. The fourth-order valence-corrected chi connectivity index (χ4v) is 2.64. The molecule has 2 aromatic rings. The van der Waals surface area contributed by atoms with Gasteiger partial charge in [-0.15, -0.1) is 10.2 Å². The highest BCUT2D eigenvalue weighted by atomic mass is 32.2. The van der Waals surface area contributed by atoms with Crippen molar-refractivity contribution in [2.24, 2.45) is 5.73 Å². The van der Waals surface area contributed by atoms with Gasteiger partial charge in [0, 0.05) is 11.3 Å². The third-order valence-corrected chi connectivity index (χ3v) is 3.47. The largest absolute Gasteiger partial charge is 0.384 e. The molecule has 7 heteroatoms. The third kappa shape index (κ3) is 2.56. The summed E-state index contributed by atoms with van der Waals surface area (Å²) in [6, 6.07) is 3.56. The quantitative estimate of drug-likeness (QED) is 0.640. The third-order valence-electron chi connectivity index (χ3n) is 1.77. The van der Waals surface area contributed by atoms with Gasteiger partial charge in [-0.1, -0.05) is 11.3 Å². The number of nitrogens with one attached hydrogen (secondary N) is 1. The summed E-state index contributed by atoms with van der Waals surface area (Å²) >= 11 is 2.88. The summed E-state index contributed by atoms with van der Waals surface area (Å²) in [5.74, 6) is 0.0459. The number of rotatable bonds is 3. The smallest absolute Gasteiger partial charge is 0.180 e. The van der Waals surface area contributed by atoms with E-state index in [0.717, 1.165) is 15.1 Å². The second kappa shape index (κ2) is 4.58. The molecule has 0 saturated carbocycles. The van der Waals surface area contributed by atoms with Crippen LogP contribution in [0.1, 0.15) is 11.3 Å². The van der Waals surface area contributed by atoms with E-state index in [4.69, 9.17) is 11.1 Å². The number of pyridine rings is 1. The lowest BCUT2D eigenvalue weighted by Crippen LogP contribution is -2.11. The van der Waals surface area contributed by atoms with Gasteiger partial charge in [0.15, 0.2) is 4.34 Å². The molecule has 16 heavy (non-hydrogen) atoms. The van der Waals surface area contributed by atoms with Crippen LogP contribution in [0.15, 0.2) is 27.0 Å². The van der Waals surface area contributed by atoms with Crippen molar-refractivity contribution in [1.82, 2.24) is 15.2 Å². The highest BCUT2D eigenvalue weighted by molar-refractivity contribution is 8.00. The molecule has 0 radical (unpaired) electrons. The van der Waals surface area contributed by atoms with E-state index in [-0.39, 0.29) is 5.84 Å². The molecule has 82 valence electrons. The minimum absolute atomic E-state index is 0.0459. The maximum atomic E-state index is 7.39. The Kier molecular flexibility index (Phi) is 3.16. The summed E-state index contributed by atoms with van der Waals surface area (Å²) in [6.45, 7) is 1.87. The van der Waals surface area contributed by atoms with Crippen molar-refractivity contribution in [3.05, 3.63) is 28.9 Å². The zero-order valence-corrected chi connectivity index (χ0v) is 10.1. The van der Waals surface area contributed by atoms with Gasteiger partial charge in [-0.2, -0.15) is 0 Å². The molecule has 0 saturated heterocycles. The predicted molar refractivity (Wildman–Crippen MR) is 64.0 cm³/mol. The Morgan fingerprint density at radius 3 is 2.94 bits per heavy atom. The maximum absolute atomic E-state index is 7.39. The van der Waals surface area contributed by atoms with Crippen molar-refractivity contribution in [1.29, 1.82) is 5.41 Å². The van der Waals surface area contributed by atoms with Gasteiger partial charge in [0.2, 0.25) is 0 Å². The molecule has 0 fully saturated rings. The van der Waals surface area contributed by atoms with E-state index in [9.17, 15) is 0 Å². The number of aromatic nitrogens is 3. The number of hydrogen-bond acceptors (Lipinski definition) is 6. The molecular weight excluding hydrogens is 242 g/mol.